The fourth-order valence-electron chi connectivity index (χ4n) is 4.75. The molecule has 0 bridgehead atoms. The Bertz CT molecular complexity index is 1560. The van der Waals surface area contributed by atoms with Crippen molar-refractivity contribution in [3.05, 3.63) is 89.9 Å². The van der Waals surface area contributed by atoms with Crippen molar-refractivity contribution >= 4 is 40.6 Å². The van der Waals surface area contributed by atoms with Gasteiger partial charge in [-0.05, 0) is 74.3 Å². The van der Waals surface area contributed by atoms with Crippen LogP contribution in [0.2, 0.25) is 0 Å². The number of hydrogen-bond acceptors (Lipinski definition) is 8. The summed E-state index contributed by atoms with van der Waals surface area (Å²) in [5.41, 5.74) is 4.03. The summed E-state index contributed by atoms with van der Waals surface area (Å²) in [5.74, 6) is -0.558. The Kier molecular flexibility index (Phi) is 7.84. The van der Waals surface area contributed by atoms with E-state index in [1.165, 1.54) is 19.6 Å². The number of fused-ring (bicyclic) bond motifs is 2. The van der Waals surface area contributed by atoms with E-state index in [4.69, 9.17) is 19.2 Å². The van der Waals surface area contributed by atoms with Gasteiger partial charge in [0.15, 0.2) is 11.5 Å². The Labute approximate surface area is 237 Å². The van der Waals surface area contributed by atoms with Crippen LogP contribution in [0.4, 0.5) is 17.1 Å². The predicted octanol–water partition coefficient (Wildman–Crippen LogP) is 4.49. The first-order chi connectivity index (χ1) is 19.7. The van der Waals surface area contributed by atoms with Crippen molar-refractivity contribution in [1.29, 1.82) is 0 Å². The maximum Gasteiger partial charge on any atom is 0.337 e. The van der Waals surface area contributed by atoms with Gasteiger partial charge in [-0.15, -0.1) is 0 Å². The van der Waals surface area contributed by atoms with Gasteiger partial charge in [0.1, 0.15) is 18.4 Å². The average Bonchev–Trinajstić information content (AvgIpc) is 3.30. The third-order valence-corrected chi connectivity index (χ3v) is 6.83. The van der Waals surface area contributed by atoms with Gasteiger partial charge in [0, 0.05) is 37.0 Å². The fraction of sp³-hybridized carbons (Fsp3) is 0.226. The number of rotatable bonds is 8. The summed E-state index contributed by atoms with van der Waals surface area (Å²) < 4.78 is 16.0. The smallest absolute Gasteiger partial charge is 0.337 e. The van der Waals surface area contributed by atoms with E-state index in [0.29, 0.717) is 51.8 Å². The molecule has 2 heterocycles. The minimum absolute atomic E-state index is 0.0559. The molecule has 0 saturated heterocycles. The second-order valence-electron chi connectivity index (χ2n) is 9.87. The van der Waals surface area contributed by atoms with E-state index >= 15 is 0 Å². The number of carbonyl (C=O) groups excluding carboxylic acids is 3. The third kappa shape index (κ3) is 5.82. The molecule has 0 saturated carbocycles. The Hall–Kier alpha value is -4.96. The van der Waals surface area contributed by atoms with E-state index in [2.05, 4.69) is 5.32 Å². The zero-order valence-corrected chi connectivity index (χ0v) is 23.2. The third-order valence-electron chi connectivity index (χ3n) is 6.83. The molecule has 3 aromatic carbocycles. The molecule has 10 heteroatoms. The topological polar surface area (TPSA) is 110 Å². The molecule has 0 aliphatic carbocycles. The molecule has 2 amide bonds. The molecule has 2 aliphatic heterocycles. The molecule has 0 fully saturated rings. The zero-order chi connectivity index (χ0) is 29.1. The molecule has 0 spiro atoms. The summed E-state index contributed by atoms with van der Waals surface area (Å²) in [6, 6.07) is 17.6. The summed E-state index contributed by atoms with van der Waals surface area (Å²) in [6.07, 6.45) is 2.88. The number of likely N-dealkylation sites (N-methyl/N-ethyl adjacent to an activating group) is 1. The van der Waals surface area contributed by atoms with Gasteiger partial charge in [-0.3, -0.25) is 14.6 Å². The number of nitrogens with one attached hydrogen (secondary N) is 1. The van der Waals surface area contributed by atoms with E-state index in [1.807, 2.05) is 49.3 Å². The number of amides is 2. The van der Waals surface area contributed by atoms with Crippen LogP contribution in [0, 0.1) is 0 Å². The van der Waals surface area contributed by atoms with E-state index < -0.39 is 11.9 Å². The molecule has 10 nitrogen and oxygen atoms in total. The van der Waals surface area contributed by atoms with Crippen molar-refractivity contribution in [2.75, 3.05) is 44.5 Å². The molecule has 210 valence electrons. The number of ether oxygens (including phenoxy) is 3. The molecule has 1 unspecified atom stereocenters. The highest BCUT2D eigenvalue weighted by molar-refractivity contribution is 6.24. The second-order valence-corrected chi connectivity index (χ2v) is 9.87. The number of methoxy groups -OCH3 is 1. The highest BCUT2D eigenvalue weighted by Gasteiger charge is 2.36. The first-order valence-electron chi connectivity index (χ1n) is 13.0. The van der Waals surface area contributed by atoms with E-state index in [9.17, 15) is 14.4 Å². The molecular weight excluding hydrogens is 524 g/mol. The highest BCUT2D eigenvalue weighted by atomic mass is 16.5. The van der Waals surface area contributed by atoms with Crippen LogP contribution in [0.25, 0.3) is 0 Å². The van der Waals surface area contributed by atoms with Crippen LogP contribution in [0.3, 0.4) is 0 Å². The van der Waals surface area contributed by atoms with Crippen LogP contribution < -0.4 is 19.7 Å². The Balaban J connectivity index is 1.56. The Morgan fingerprint density at radius 1 is 0.927 bits per heavy atom. The van der Waals surface area contributed by atoms with Gasteiger partial charge in [0.25, 0.3) is 0 Å². The van der Waals surface area contributed by atoms with Crippen molar-refractivity contribution in [1.82, 2.24) is 4.90 Å². The van der Waals surface area contributed by atoms with Crippen LogP contribution >= 0.6 is 0 Å². The number of hydrogen-bond donors (Lipinski definition) is 1. The number of benzene rings is 3. The number of aliphatic imine (C=N–C) groups is 1. The van der Waals surface area contributed by atoms with Crippen molar-refractivity contribution in [3.8, 4) is 11.5 Å². The summed E-state index contributed by atoms with van der Waals surface area (Å²) in [6.45, 7) is 2.81. The molecule has 2 aliphatic rings. The van der Waals surface area contributed by atoms with Gasteiger partial charge in [0.05, 0.1) is 24.1 Å². The van der Waals surface area contributed by atoms with Crippen LogP contribution in [-0.2, 0) is 14.3 Å². The molecule has 3 aromatic rings. The van der Waals surface area contributed by atoms with Gasteiger partial charge in [-0.2, -0.15) is 0 Å². The van der Waals surface area contributed by atoms with Gasteiger partial charge in [-0.25, -0.2) is 4.79 Å². The molecule has 0 radical (unpaired) electrons. The van der Waals surface area contributed by atoms with E-state index in [1.54, 1.807) is 42.2 Å². The molecule has 1 N–H and O–H groups in total. The summed E-state index contributed by atoms with van der Waals surface area (Å²) in [4.78, 5) is 46.5. The minimum atomic E-state index is -0.761. The highest BCUT2D eigenvalue weighted by Crippen LogP contribution is 2.39. The van der Waals surface area contributed by atoms with E-state index in [0.717, 1.165) is 12.2 Å². The van der Waals surface area contributed by atoms with Crippen molar-refractivity contribution < 1.29 is 28.6 Å². The van der Waals surface area contributed by atoms with Gasteiger partial charge < -0.3 is 29.3 Å². The maximum atomic E-state index is 13.4. The summed E-state index contributed by atoms with van der Waals surface area (Å²) in [7, 11) is 5.22. The minimum Gasteiger partial charge on any atom is -0.465 e. The lowest BCUT2D eigenvalue weighted by atomic mass is 9.90. The quantitative estimate of drug-likeness (QED) is 0.323. The average molecular weight is 555 g/mol. The van der Waals surface area contributed by atoms with Crippen molar-refractivity contribution in [2.45, 2.75) is 12.8 Å². The fourth-order valence-corrected chi connectivity index (χ4v) is 4.75. The van der Waals surface area contributed by atoms with Crippen LogP contribution in [0.15, 0.2) is 78.2 Å². The lowest BCUT2D eigenvalue weighted by Gasteiger charge is -2.23. The van der Waals surface area contributed by atoms with Gasteiger partial charge in [-0.1, -0.05) is 6.07 Å². The van der Waals surface area contributed by atoms with Crippen LogP contribution in [-0.4, -0.2) is 62.7 Å². The first kappa shape index (κ1) is 27.6. The zero-order valence-electron chi connectivity index (χ0n) is 23.2. The lowest BCUT2D eigenvalue weighted by molar-refractivity contribution is -0.117. The number of carbonyl (C=O) groups is 3. The molecule has 0 aromatic heterocycles. The van der Waals surface area contributed by atoms with Crippen LogP contribution in [0.1, 0.15) is 34.3 Å². The molecule has 41 heavy (non-hydrogen) atoms. The Morgan fingerprint density at radius 3 is 2.32 bits per heavy atom. The standard InChI is InChI=1S/C31H30N4O6/c1-19(36)35(14-13-34(2)3)23-9-7-22(8-10-23)32-29(20-6-12-26-27(18-20)41-16-15-40-26)28-24-11-5-21(31(38)39-4)17-25(24)33-30(28)37/h5-12,15-18,28H,13-14H2,1-4H3,(H,33,37). The molecule has 5 rings (SSSR count). The molecule has 1 atom stereocenters. The SMILES string of the molecule is COC(=O)c1ccc2c(c1)NC(=O)C2C(=Nc1ccc(N(CCN(C)C)C(C)=O)cc1)c1ccc2c(c1)OC=CO2. The number of anilines is 2. The second kappa shape index (κ2) is 11.6. The van der Waals surface area contributed by atoms with E-state index in [-0.39, 0.29) is 11.8 Å². The molecular formula is C31H30N4O6. The number of nitrogens with zero attached hydrogens (tertiary/aromatic N) is 3. The monoisotopic (exact) mass is 554 g/mol. The van der Waals surface area contributed by atoms with Crippen molar-refractivity contribution in [2.24, 2.45) is 4.99 Å². The largest absolute Gasteiger partial charge is 0.465 e. The number of esters is 1. The van der Waals surface area contributed by atoms with Crippen molar-refractivity contribution in [3.63, 3.8) is 0 Å². The maximum absolute atomic E-state index is 13.4. The van der Waals surface area contributed by atoms with Gasteiger partial charge in [0.2, 0.25) is 11.8 Å². The Morgan fingerprint density at radius 2 is 1.63 bits per heavy atom. The predicted molar refractivity (Wildman–Crippen MR) is 155 cm³/mol. The summed E-state index contributed by atoms with van der Waals surface area (Å²) in [5, 5.41) is 2.88. The van der Waals surface area contributed by atoms with Crippen LogP contribution in [0.5, 0.6) is 11.5 Å². The normalized spacial score (nSPS) is 15.4. The first-order valence-corrected chi connectivity index (χ1v) is 13.0. The summed E-state index contributed by atoms with van der Waals surface area (Å²) >= 11 is 0. The van der Waals surface area contributed by atoms with Gasteiger partial charge >= 0.3 is 5.97 Å². The lowest BCUT2D eigenvalue weighted by Crippen LogP contribution is -2.35.